The monoisotopic (exact) mass is 292 g/mol. The number of rotatable bonds is 13. The third-order valence-corrected chi connectivity index (χ3v) is 5.60. The number of hydrogen-bond donors (Lipinski definition) is 2. The van der Waals surface area contributed by atoms with Crippen LogP contribution in [0.2, 0.25) is 0 Å². The lowest BCUT2D eigenvalue weighted by molar-refractivity contribution is 0.511. The van der Waals surface area contributed by atoms with Gasteiger partial charge in [0, 0.05) is 24.6 Å². The molecular weight excluding hydrogens is 260 g/mol. The van der Waals surface area contributed by atoms with E-state index in [0.29, 0.717) is 0 Å². The van der Waals surface area contributed by atoms with E-state index >= 15 is 0 Å². The van der Waals surface area contributed by atoms with Crippen molar-refractivity contribution < 1.29 is 0 Å². The standard InChI is InChI=1S/C14H32N2S2/c1-5-13(3)11-15-7-9-17-18-10-8-16-12-14(4)6-2/h13-16H,5-12H2,1-4H3/t13-,14-/m0/s1. The molecule has 2 N–H and O–H groups in total. The zero-order chi connectivity index (χ0) is 13.6. The first-order valence-electron chi connectivity index (χ1n) is 7.36. The van der Waals surface area contributed by atoms with Gasteiger partial charge in [-0.05, 0) is 24.9 Å². The summed E-state index contributed by atoms with van der Waals surface area (Å²) in [6.45, 7) is 13.7. The molecule has 4 heteroatoms. The maximum atomic E-state index is 3.51. The van der Waals surface area contributed by atoms with Crippen LogP contribution in [0, 0.1) is 11.8 Å². The average molecular weight is 293 g/mol. The fourth-order valence-electron chi connectivity index (χ4n) is 1.33. The average Bonchev–Trinajstić information content (AvgIpc) is 2.40. The van der Waals surface area contributed by atoms with Gasteiger partial charge in [0.05, 0.1) is 0 Å². The predicted octanol–water partition coefficient (Wildman–Crippen LogP) is 3.64. The molecule has 0 spiro atoms. The van der Waals surface area contributed by atoms with E-state index in [9.17, 15) is 0 Å². The number of nitrogens with one attached hydrogen (secondary N) is 2. The highest BCUT2D eigenvalue weighted by Gasteiger charge is 1.98. The van der Waals surface area contributed by atoms with Crippen LogP contribution in [0.5, 0.6) is 0 Å². The van der Waals surface area contributed by atoms with Gasteiger partial charge in [-0.3, -0.25) is 0 Å². The molecule has 0 aliphatic rings. The van der Waals surface area contributed by atoms with Gasteiger partial charge in [0.2, 0.25) is 0 Å². The molecule has 110 valence electrons. The highest BCUT2D eigenvalue weighted by molar-refractivity contribution is 8.76. The van der Waals surface area contributed by atoms with E-state index in [2.05, 4.69) is 38.3 Å². The molecule has 2 atom stereocenters. The Bertz CT molecular complexity index is 150. The fourth-order valence-corrected chi connectivity index (χ4v) is 3.23. The van der Waals surface area contributed by atoms with Crippen LogP contribution in [0.25, 0.3) is 0 Å². The molecule has 0 fully saturated rings. The van der Waals surface area contributed by atoms with Gasteiger partial charge in [-0.15, -0.1) is 0 Å². The molecule has 0 aromatic rings. The highest BCUT2D eigenvalue weighted by Crippen LogP contribution is 2.19. The Morgan fingerprint density at radius 2 is 1.17 bits per heavy atom. The van der Waals surface area contributed by atoms with Gasteiger partial charge in [0.1, 0.15) is 0 Å². The zero-order valence-corrected chi connectivity index (χ0v) is 14.3. The van der Waals surface area contributed by atoms with E-state index in [1.54, 1.807) is 0 Å². The Hall–Kier alpha value is 0.620. The molecule has 2 nitrogen and oxygen atoms in total. The lowest BCUT2D eigenvalue weighted by atomic mass is 10.1. The van der Waals surface area contributed by atoms with Gasteiger partial charge < -0.3 is 10.6 Å². The third-order valence-electron chi connectivity index (χ3n) is 3.19. The van der Waals surface area contributed by atoms with Crippen molar-refractivity contribution in [3.63, 3.8) is 0 Å². The maximum absolute atomic E-state index is 3.51. The molecule has 0 bridgehead atoms. The van der Waals surface area contributed by atoms with E-state index in [1.807, 2.05) is 21.6 Å². The summed E-state index contributed by atoms with van der Waals surface area (Å²) in [5.74, 6) is 4.05. The van der Waals surface area contributed by atoms with Crippen LogP contribution in [0.3, 0.4) is 0 Å². The second-order valence-electron chi connectivity index (χ2n) is 5.08. The SMILES string of the molecule is CC[C@H](C)CNCCSSCCNC[C@@H](C)CC. The molecule has 0 aliphatic heterocycles. The minimum absolute atomic E-state index is 0.812. The van der Waals surface area contributed by atoms with Gasteiger partial charge in [-0.2, -0.15) is 0 Å². The topological polar surface area (TPSA) is 24.1 Å². The number of hydrogen-bond acceptors (Lipinski definition) is 4. The second kappa shape index (κ2) is 14.0. The largest absolute Gasteiger partial charge is 0.316 e. The molecule has 0 saturated carbocycles. The third kappa shape index (κ3) is 13.1. The van der Waals surface area contributed by atoms with Crippen LogP contribution < -0.4 is 10.6 Å². The Kier molecular flexibility index (Phi) is 14.5. The molecule has 0 rings (SSSR count). The predicted molar refractivity (Wildman–Crippen MR) is 89.6 cm³/mol. The van der Waals surface area contributed by atoms with E-state index in [-0.39, 0.29) is 0 Å². The van der Waals surface area contributed by atoms with Gasteiger partial charge in [0.25, 0.3) is 0 Å². The first-order chi connectivity index (χ1) is 8.70. The first-order valence-corrected chi connectivity index (χ1v) is 9.85. The zero-order valence-electron chi connectivity index (χ0n) is 12.6. The molecule has 0 heterocycles. The van der Waals surface area contributed by atoms with Gasteiger partial charge in [0.15, 0.2) is 0 Å². The highest BCUT2D eigenvalue weighted by atomic mass is 33.1. The van der Waals surface area contributed by atoms with E-state index in [1.165, 1.54) is 24.3 Å². The van der Waals surface area contributed by atoms with E-state index < -0.39 is 0 Å². The molecular formula is C14H32N2S2. The van der Waals surface area contributed by atoms with Crippen LogP contribution in [0.15, 0.2) is 0 Å². The summed E-state index contributed by atoms with van der Waals surface area (Å²) in [4.78, 5) is 0. The summed E-state index contributed by atoms with van der Waals surface area (Å²) in [6, 6.07) is 0. The lowest BCUT2D eigenvalue weighted by Gasteiger charge is -2.10. The normalized spacial score (nSPS) is 14.7. The van der Waals surface area contributed by atoms with Crippen molar-refractivity contribution in [1.82, 2.24) is 10.6 Å². The Labute approximate surface area is 122 Å². The molecule has 0 unspecified atom stereocenters. The van der Waals surface area contributed by atoms with Gasteiger partial charge >= 0.3 is 0 Å². The molecule has 0 saturated heterocycles. The van der Waals surface area contributed by atoms with E-state index in [0.717, 1.165) is 38.0 Å². The van der Waals surface area contributed by atoms with Crippen molar-refractivity contribution in [3.05, 3.63) is 0 Å². The summed E-state index contributed by atoms with van der Waals surface area (Å²) < 4.78 is 0. The summed E-state index contributed by atoms with van der Waals surface area (Å²) in [5, 5.41) is 7.02. The Morgan fingerprint density at radius 1 is 0.778 bits per heavy atom. The van der Waals surface area contributed by atoms with Crippen molar-refractivity contribution in [2.24, 2.45) is 11.8 Å². The second-order valence-corrected chi connectivity index (χ2v) is 7.78. The molecule has 18 heavy (non-hydrogen) atoms. The van der Waals surface area contributed by atoms with Crippen LogP contribution >= 0.6 is 21.6 Å². The van der Waals surface area contributed by atoms with Crippen molar-refractivity contribution >= 4 is 21.6 Å². The quantitative estimate of drug-likeness (QED) is 0.400. The molecule has 0 amide bonds. The summed E-state index contributed by atoms with van der Waals surface area (Å²) in [6.07, 6.45) is 2.55. The minimum atomic E-state index is 0.812. The molecule has 0 radical (unpaired) electrons. The van der Waals surface area contributed by atoms with Crippen molar-refractivity contribution in [1.29, 1.82) is 0 Å². The molecule has 0 aliphatic carbocycles. The maximum Gasteiger partial charge on any atom is 0.0162 e. The smallest absolute Gasteiger partial charge is 0.0162 e. The molecule has 0 aromatic carbocycles. The van der Waals surface area contributed by atoms with Crippen molar-refractivity contribution in [2.45, 2.75) is 40.5 Å². The van der Waals surface area contributed by atoms with E-state index in [4.69, 9.17) is 0 Å². The molecule has 0 aromatic heterocycles. The Balaban J connectivity index is 3.03. The Morgan fingerprint density at radius 3 is 1.50 bits per heavy atom. The van der Waals surface area contributed by atoms with Gasteiger partial charge in [-0.1, -0.05) is 62.1 Å². The van der Waals surface area contributed by atoms with Gasteiger partial charge in [-0.25, -0.2) is 0 Å². The summed E-state index contributed by atoms with van der Waals surface area (Å²) >= 11 is 0. The van der Waals surface area contributed by atoms with Crippen molar-refractivity contribution in [2.75, 3.05) is 37.7 Å². The summed E-state index contributed by atoms with van der Waals surface area (Å²) in [7, 11) is 3.98. The van der Waals surface area contributed by atoms with Crippen LogP contribution in [0.4, 0.5) is 0 Å². The fraction of sp³-hybridized carbons (Fsp3) is 1.00. The van der Waals surface area contributed by atoms with Crippen LogP contribution in [-0.4, -0.2) is 37.7 Å². The summed E-state index contributed by atoms with van der Waals surface area (Å²) in [5.41, 5.74) is 0. The van der Waals surface area contributed by atoms with Crippen LogP contribution in [0.1, 0.15) is 40.5 Å². The lowest BCUT2D eigenvalue weighted by Crippen LogP contribution is -2.23. The van der Waals surface area contributed by atoms with Crippen LogP contribution in [-0.2, 0) is 0 Å². The van der Waals surface area contributed by atoms with Crippen molar-refractivity contribution in [3.8, 4) is 0 Å². The minimum Gasteiger partial charge on any atom is -0.316 e. The first kappa shape index (κ1) is 18.6.